The molecule has 34 heavy (non-hydrogen) atoms. The number of carbonyl (C=O) groups is 1. The average molecular weight is 469 g/mol. The fourth-order valence-electron chi connectivity index (χ4n) is 4.14. The summed E-state index contributed by atoms with van der Waals surface area (Å²) in [5.74, 6) is -0.163. The van der Waals surface area contributed by atoms with E-state index in [-0.39, 0.29) is 52.4 Å². The number of methoxy groups -OCH3 is 2. The maximum absolute atomic E-state index is 13.1. The van der Waals surface area contributed by atoms with E-state index in [1.54, 1.807) is 0 Å². The van der Waals surface area contributed by atoms with Crippen LogP contribution < -0.4 is 14.2 Å². The van der Waals surface area contributed by atoms with Crippen LogP contribution in [-0.4, -0.2) is 35.3 Å². The van der Waals surface area contributed by atoms with Crippen molar-refractivity contribution >= 4 is 5.78 Å². The van der Waals surface area contributed by atoms with Crippen LogP contribution in [0.1, 0.15) is 61.2 Å². The molecule has 0 spiro atoms. The standard InChI is InChI=1S/C27H32O7/c1-14(2)7-8-16(15(3)4)9-18-23(32-5)12-21(30)26-22(31)13-24(34-27(18)26)17-10-25(33-6)20(29)11-19(17)28/h7,10-12,16,24,28-30H,3,8-9,13H2,1-2,4-6H3/t16-,24-/m0/s1. The number of carbonyl (C=O) groups excluding carboxylic acids is 1. The van der Waals surface area contributed by atoms with Gasteiger partial charge < -0.3 is 29.5 Å². The topological polar surface area (TPSA) is 105 Å². The smallest absolute Gasteiger partial charge is 0.174 e. The van der Waals surface area contributed by atoms with Gasteiger partial charge in [-0.25, -0.2) is 0 Å². The Hall–Kier alpha value is -3.61. The second-order valence-electron chi connectivity index (χ2n) is 8.86. The lowest BCUT2D eigenvalue weighted by atomic mass is 9.86. The molecule has 0 saturated carbocycles. The Morgan fingerprint density at radius 1 is 1.09 bits per heavy atom. The Kier molecular flexibility index (Phi) is 7.44. The molecule has 1 heterocycles. The highest BCUT2D eigenvalue weighted by molar-refractivity contribution is 6.03. The summed E-state index contributed by atoms with van der Waals surface area (Å²) in [5, 5.41) is 31.0. The first-order valence-corrected chi connectivity index (χ1v) is 11.1. The fraction of sp³-hybridized carbons (Fsp3) is 0.370. The third-order valence-corrected chi connectivity index (χ3v) is 6.09. The molecule has 2 aromatic carbocycles. The first-order chi connectivity index (χ1) is 16.1. The van der Waals surface area contributed by atoms with Gasteiger partial charge in [0.2, 0.25) is 0 Å². The molecule has 7 nitrogen and oxygen atoms in total. The molecule has 0 fully saturated rings. The number of allylic oxidation sites excluding steroid dienone is 3. The second kappa shape index (κ2) is 10.1. The fourth-order valence-corrected chi connectivity index (χ4v) is 4.14. The Morgan fingerprint density at radius 2 is 1.76 bits per heavy atom. The van der Waals surface area contributed by atoms with E-state index < -0.39 is 6.10 Å². The van der Waals surface area contributed by atoms with Crippen molar-refractivity contribution in [3.8, 4) is 34.5 Å². The van der Waals surface area contributed by atoms with E-state index in [9.17, 15) is 20.1 Å². The van der Waals surface area contributed by atoms with E-state index in [1.165, 1.54) is 31.9 Å². The van der Waals surface area contributed by atoms with Crippen molar-refractivity contribution in [2.24, 2.45) is 5.92 Å². The zero-order valence-electron chi connectivity index (χ0n) is 20.3. The number of fused-ring (bicyclic) bond motifs is 1. The van der Waals surface area contributed by atoms with Gasteiger partial charge in [0.1, 0.15) is 34.7 Å². The third-order valence-electron chi connectivity index (χ3n) is 6.09. The second-order valence-corrected chi connectivity index (χ2v) is 8.86. The number of Topliss-reactive ketones (excluding diaryl/α,β-unsaturated/α-hetero) is 1. The molecule has 0 amide bonds. The van der Waals surface area contributed by atoms with Gasteiger partial charge in [-0.3, -0.25) is 4.79 Å². The minimum absolute atomic E-state index is 0.0543. The first-order valence-electron chi connectivity index (χ1n) is 11.1. The third kappa shape index (κ3) is 4.98. The molecule has 1 aliphatic heterocycles. The highest BCUT2D eigenvalue weighted by Gasteiger charge is 2.36. The summed E-state index contributed by atoms with van der Waals surface area (Å²) >= 11 is 0. The largest absolute Gasteiger partial charge is 0.507 e. The summed E-state index contributed by atoms with van der Waals surface area (Å²) < 4.78 is 17.0. The Morgan fingerprint density at radius 3 is 2.35 bits per heavy atom. The summed E-state index contributed by atoms with van der Waals surface area (Å²) in [6.45, 7) is 10.2. The van der Waals surface area contributed by atoms with Gasteiger partial charge in [-0.05, 0) is 45.6 Å². The SMILES string of the molecule is C=C(C)[C@@H](CC=C(C)C)Cc1c(OC)cc(O)c2c1O[C@H](c1cc(OC)c(O)cc1O)CC2=O. The number of ketones is 1. The zero-order valence-corrected chi connectivity index (χ0v) is 20.3. The molecule has 3 N–H and O–H groups in total. The highest BCUT2D eigenvalue weighted by Crippen LogP contribution is 2.48. The van der Waals surface area contributed by atoms with Crippen molar-refractivity contribution in [2.45, 2.75) is 46.1 Å². The van der Waals surface area contributed by atoms with Crippen LogP contribution in [0.15, 0.2) is 42.0 Å². The number of ether oxygens (including phenoxy) is 3. The predicted octanol–water partition coefficient (Wildman–Crippen LogP) is 5.62. The van der Waals surface area contributed by atoms with Crippen LogP contribution in [0.25, 0.3) is 0 Å². The van der Waals surface area contributed by atoms with Crippen LogP contribution in [-0.2, 0) is 6.42 Å². The zero-order chi connectivity index (χ0) is 25.2. The lowest BCUT2D eigenvalue weighted by Crippen LogP contribution is -2.23. The van der Waals surface area contributed by atoms with Crippen molar-refractivity contribution in [1.82, 2.24) is 0 Å². The van der Waals surface area contributed by atoms with Crippen LogP contribution in [0.3, 0.4) is 0 Å². The van der Waals surface area contributed by atoms with E-state index in [2.05, 4.69) is 12.7 Å². The van der Waals surface area contributed by atoms with Crippen molar-refractivity contribution in [1.29, 1.82) is 0 Å². The van der Waals surface area contributed by atoms with Gasteiger partial charge in [0, 0.05) is 23.3 Å². The minimum Gasteiger partial charge on any atom is -0.507 e. The molecule has 1 aliphatic rings. The summed E-state index contributed by atoms with van der Waals surface area (Å²) in [4.78, 5) is 13.1. The molecule has 3 rings (SSSR count). The number of hydrogen-bond donors (Lipinski definition) is 3. The van der Waals surface area contributed by atoms with Crippen LogP contribution in [0.4, 0.5) is 0 Å². The molecule has 0 aliphatic carbocycles. The number of aromatic hydroxyl groups is 3. The van der Waals surface area contributed by atoms with E-state index in [0.717, 1.165) is 18.1 Å². The molecule has 0 bridgehead atoms. The van der Waals surface area contributed by atoms with Gasteiger partial charge in [0.25, 0.3) is 0 Å². The van der Waals surface area contributed by atoms with Crippen molar-refractivity contribution in [2.75, 3.05) is 14.2 Å². The summed E-state index contributed by atoms with van der Waals surface area (Å²) in [6, 6.07) is 4.03. The molecular formula is C27H32O7. The van der Waals surface area contributed by atoms with Gasteiger partial charge >= 0.3 is 0 Å². The maximum Gasteiger partial charge on any atom is 0.174 e. The molecule has 182 valence electrons. The van der Waals surface area contributed by atoms with Crippen molar-refractivity contribution in [3.63, 3.8) is 0 Å². The Labute approximate surface area is 199 Å². The number of phenols is 3. The van der Waals surface area contributed by atoms with E-state index in [1.807, 2.05) is 20.8 Å². The van der Waals surface area contributed by atoms with Crippen LogP contribution in [0, 0.1) is 5.92 Å². The van der Waals surface area contributed by atoms with Gasteiger partial charge in [0.05, 0.1) is 20.6 Å². The van der Waals surface area contributed by atoms with Crippen molar-refractivity contribution < 1.29 is 34.3 Å². The molecule has 0 saturated heterocycles. The lowest BCUT2D eigenvalue weighted by Gasteiger charge is -2.30. The summed E-state index contributed by atoms with van der Waals surface area (Å²) in [5.41, 5.74) is 3.20. The molecule has 0 unspecified atom stereocenters. The minimum atomic E-state index is -0.846. The van der Waals surface area contributed by atoms with Crippen LogP contribution in [0.5, 0.6) is 34.5 Å². The van der Waals surface area contributed by atoms with Gasteiger partial charge in [-0.15, -0.1) is 0 Å². The summed E-state index contributed by atoms with van der Waals surface area (Å²) in [7, 11) is 2.89. The monoisotopic (exact) mass is 468 g/mol. The van der Waals surface area contributed by atoms with E-state index >= 15 is 0 Å². The quantitative estimate of drug-likeness (QED) is 0.432. The number of phenolic OH excluding ortho intramolecular Hbond substituents is 3. The maximum atomic E-state index is 13.1. The molecule has 2 aromatic rings. The van der Waals surface area contributed by atoms with Crippen LogP contribution in [0.2, 0.25) is 0 Å². The van der Waals surface area contributed by atoms with E-state index in [0.29, 0.717) is 23.3 Å². The lowest BCUT2D eigenvalue weighted by molar-refractivity contribution is 0.0838. The Balaban J connectivity index is 2.12. The Bertz CT molecular complexity index is 1140. The van der Waals surface area contributed by atoms with Gasteiger partial charge in [0.15, 0.2) is 17.3 Å². The van der Waals surface area contributed by atoms with Crippen molar-refractivity contribution in [3.05, 3.63) is 58.7 Å². The molecule has 0 aromatic heterocycles. The molecule has 7 heteroatoms. The predicted molar refractivity (Wildman–Crippen MR) is 129 cm³/mol. The average Bonchev–Trinajstić information content (AvgIpc) is 2.76. The normalized spacial score (nSPS) is 15.7. The first kappa shape index (κ1) is 25.0. The van der Waals surface area contributed by atoms with E-state index in [4.69, 9.17) is 14.2 Å². The number of rotatable bonds is 8. The van der Waals surface area contributed by atoms with Gasteiger partial charge in [-0.2, -0.15) is 0 Å². The van der Waals surface area contributed by atoms with Gasteiger partial charge in [-0.1, -0.05) is 23.8 Å². The molecular weight excluding hydrogens is 436 g/mol. The highest BCUT2D eigenvalue weighted by atomic mass is 16.5. The number of hydrogen-bond acceptors (Lipinski definition) is 7. The molecule has 2 atom stereocenters. The molecule has 0 radical (unpaired) electrons. The summed E-state index contributed by atoms with van der Waals surface area (Å²) in [6.07, 6.45) is 2.42. The van der Waals surface area contributed by atoms with Crippen LogP contribution >= 0.6 is 0 Å². The number of benzene rings is 2.